The van der Waals surface area contributed by atoms with Crippen LogP contribution >= 0.6 is 15.9 Å². The van der Waals surface area contributed by atoms with Crippen molar-refractivity contribution in [2.45, 2.75) is 13.8 Å². The molecule has 1 aromatic heterocycles. The number of aryl methyl sites for hydroxylation is 2. The highest BCUT2D eigenvalue weighted by atomic mass is 79.9. The topological polar surface area (TPSA) is 42.0 Å². The molecule has 0 spiro atoms. The van der Waals surface area contributed by atoms with Gasteiger partial charge in [0.25, 0.3) is 5.91 Å². The SMILES string of the molecule is Cc1cc(F)ccc1C(=O)Nc1cnc(Br)c(C)c1. The van der Waals surface area contributed by atoms with E-state index in [9.17, 15) is 9.18 Å². The summed E-state index contributed by atoms with van der Waals surface area (Å²) >= 11 is 3.29. The van der Waals surface area contributed by atoms with E-state index in [2.05, 4.69) is 26.2 Å². The number of carbonyl (C=O) groups excluding carboxylic acids is 1. The van der Waals surface area contributed by atoms with Crippen LogP contribution in [0.5, 0.6) is 0 Å². The minimum atomic E-state index is -0.352. The first-order chi connectivity index (χ1) is 8.97. The Morgan fingerprint density at radius 2 is 2.00 bits per heavy atom. The Bertz CT molecular complexity index is 643. The molecule has 0 aliphatic rings. The molecule has 5 heteroatoms. The lowest BCUT2D eigenvalue weighted by Crippen LogP contribution is -2.13. The van der Waals surface area contributed by atoms with Gasteiger partial charge in [-0.2, -0.15) is 0 Å². The first-order valence-corrected chi connectivity index (χ1v) is 6.46. The summed E-state index contributed by atoms with van der Waals surface area (Å²) in [6.45, 7) is 3.58. The third-order valence-electron chi connectivity index (χ3n) is 2.71. The summed E-state index contributed by atoms with van der Waals surface area (Å²) in [5.41, 5.74) is 2.57. The molecule has 3 nitrogen and oxygen atoms in total. The van der Waals surface area contributed by atoms with Crippen LogP contribution in [0.2, 0.25) is 0 Å². The van der Waals surface area contributed by atoms with Crippen molar-refractivity contribution < 1.29 is 9.18 Å². The predicted octanol–water partition coefficient (Wildman–Crippen LogP) is 3.85. The number of carbonyl (C=O) groups is 1. The molecule has 0 radical (unpaired) electrons. The number of nitrogens with one attached hydrogen (secondary N) is 1. The lowest BCUT2D eigenvalue weighted by Gasteiger charge is -2.08. The molecule has 2 rings (SSSR count). The molecular weight excluding hydrogens is 311 g/mol. The molecule has 0 aliphatic heterocycles. The largest absolute Gasteiger partial charge is 0.321 e. The first-order valence-electron chi connectivity index (χ1n) is 5.67. The highest BCUT2D eigenvalue weighted by Gasteiger charge is 2.10. The van der Waals surface area contributed by atoms with Crippen molar-refractivity contribution in [2.75, 3.05) is 5.32 Å². The summed E-state index contributed by atoms with van der Waals surface area (Å²) in [6, 6.07) is 5.89. The number of aromatic nitrogens is 1. The second kappa shape index (κ2) is 5.48. The quantitative estimate of drug-likeness (QED) is 0.853. The molecule has 1 N–H and O–H groups in total. The van der Waals surface area contributed by atoms with E-state index in [1.54, 1.807) is 13.1 Å². The van der Waals surface area contributed by atoms with Gasteiger partial charge in [-0.1, -0.05) is 0 Å². The molecular formula is C14H12BrFN2O. The molecule has 0 saturated heterocycles. The van der Waals surface area contributed by atoms with Gasteiger partial charge in [-0.15, -0.1) is 0 Å². The molecule has 0 bridgehead atoms. The van der Waals surface area contributed by atoms with E-state index in [4.69, 9.17) is 0 Å². The van der Waals surface area contributed by atoms with Crippen LogP contribution < -0.4 is 5.32 Å². The average Bonchev–Trinajstić information content (AvgIpc) is 2.33. The number of nitrogens with zero attached hydrogens (tertiary/aromatic N) is 1. The van der Waals surface area contributed by atoms with E-state index in [-0.39, 0.29) is 11.7 Å². The number of amides is 1. The number of pyridine rings is 1. The third-order valence-corrected chi connectivity index (χ3v) is 3.54. The van der Waals surface area contributed by atoms with E-state index in [1.807, 2.05) is 13.0 Å². The fourth-order valence-corrected chi connectivity index (χ4v) is 1.92. The van der Waals surface area contributed by atoms with Crippen LogP contribution in [-0.2, 0) is 0 Å². The van der Waals surface area contributed by atoms with Crippen molar-refractivity contribution in [3.63, 3.8) is 0 Å². The Morgan fingerprint density at radius 1 is 1.26 bits per heavy atom. The van der Waals surface area contributed by atoms with E-state index >= 15 is 0 Å². The van der Waals surface area contributed by atoms with Gasteiger partial charge in [0.1, 0.15) is 10.4 Å². The molecule has 0 aliphatic carbocycles. The van der Waals surface area contributed by atoms with Gasteiger partial charge in [-0.05, 0) is 65.2 Å². The van der Waals surface area contributed by atoms with Crippen LogP contribution in [0.15, 0.2) is 35.1 Å². The van der Waals surface area contributed by atoms with Crippen molar-refractivity contribution in [2.24, 2.45) is 0 Å². The molecule has 1 amide bonds. The van der Waals surface area contributed by atoms with Crippen molar-refractivity contribution in [3.05, 3.63) is 57.6 Å². The molecule has 0 saturated carbocycles. The maximum Gasteiger partial charge on any atom is 0.255 e. The van der Waals surface area contributed by atoms with Crippen LogP contribution in [-0.4, -0.2) is 10.9 Å². The lowest BCUT2D eigenvalue weighted by molar-refractivity contribution is 0.102. The van der Waals surface area contributed by atoms with Crippen LogP contribution in [0, 0.1) is 19.7 Å². The van der Waals surface area contributed by atoms with E-state index in [0.29, 0.717) is 16.8 Å². The number of hydrogen-bond donors (Lipinski definition) is 1. The molecule has 98 valence electrons. The van der Waals surface area contributed by atoms with Gasteiger partial charge in [0.05, 0.1) is 11.9 Å². The van der Waals surface area contributed by atoms with E-state index in [1.165, 1.54) is 18.2 Å². The molecule has 2 aromatic rings. The normalized spacial score (nSPS) is 10.3. The van der Waals surface area contributed by atoms with Gasteiger partial charge < -0.3 is 5.32 Å². The van der Waals surface area contributed by atoms with Crippen molar-refractivity contribution in [1.82, 2.24) is 4.98 Å². The maximum absolute atomic E-state index is 13.0. The van der Waals surface area contributed by atoms with Crippen molar-refractivity contribution in [1.29, 1.82) is 0 Å². The summed E-state index contributed by atoms with van der Waals surface area (Å²) < 4.78 is 13.7. The smallest absolute Gasteiger partial charge is 0.255 e. The van der Waals surface area contributed by atoms with Crippen molar-refractivity contribution in [3.8, 4) is 0 Å². The second-order valence-corrected chi connectivity index (χ2v) is 5.00. The molecule has 0 atom stereocenters. The van der Waals surface area contributed by atoms with Gasteiger partial charge >= 0.3 is 0 Å². The van der Waals surface area contributed by atoms with Gasteiger partial charge in [-0.25, -0.2) is 9.37 Å². The second-order valence-electron chi connectivity index (χ2n) is 4.25. The van der Waals surface area contributed by atoms with Gasteiger partial charge in [0, 0.05) is 5.56 Å². The molecule has 19 heavy (non-hydrogen) atoms. The Morgan fingerprint density at radius 3 is 2.63 bits per heavy atom. The van der Waals surface area contributed by atoms with Crippen LogP contribution in [0.3, 0.4) is 0 Å². The summed E-state index contributed by atoms with van der Waals surface area (Å²) in [7, 11) is 0. The van der Waals surface area contributed by atoms with Gasteiger partial charge in [0.15, 0.2) is 0 Å². The fourth-order valence-electron chi connectivity index (χ4n) is 1.71. The van der Waals surface area contributed by atoms with Gasteiger partial charge in [-0.3, -0.25) is 4.79 Å². The molecule has 0 fully saturated rings. The van der Waals surface area contributed by atoms with Gasteiger partial charge in [0.2, 0.25) is 0 Å². The van der Waals surface area contributed by atoms with Crippen LogP contribution in [0.1, 0.15) is 21.5 Å². The fraction of sp³-hybridized carbons (Fsp3) is 0.143. The van der Waals surface area contributed by atoms with Crippen LogP contribution in [0.25, 0.3) is 0 Å². The molecule has 1 aromatic carbocycles. The summed E-state index contributed by atoms with van der Waals surface area (Å²) in [4.78, 5) is 16.2. The lowest BCUT2D eigenvalue weighted by atomic mass is 10.1. The highest BCUT2D eigenvalue weighted by Crippen LogP contribution is 2.18. The number of benzene rings is 1. The maximum atomic E-state index is 13.0. The third kappa shape index (κ3) is 3.17. The predicted molar refractivity (Wildman–Crippen MR) is 75.8 cm³/mol. The summed E-state index contributed by atoms with van der Waals surface area (Å²) in [6.07, 6.45) is 1.56. The Balaban J connectivity index is 2.23. The number of anilines is 1. The average molecular weight is 323 g/mol. The summed E-state index contributed by atoms with van der Waals surface area (Å²) in [5.74, 6) is -0.628. The minimum absolute atomic E-state index is 0.277. The molecule has 1 heterocycles. The Labute approximate surface area is 119 Å². The molecule has 0 unspecified atom stereocenters. The zero-order valence-electron chi connectivity index (χ0n) is 10.5. The number of rotatable bonds is 2. The summed E-state index contributed by atoms with van der Waals surface area (Å²) in [5, 5.41) is 2.74. The van der Waals surface area contributed by atoms with Crippen molar-refractivity contribution >= 4 is 27.5 Å². The Hall–Kier alpha value is -1.75. The Kier molecular flexibility index (Phi) is 3.95. The standard InChI is InChI=1S/C14H12BrFN2O/c1-8-5-10(16)3-4-12(8)14(19)18-11-6-9(2)13(15)17-7-11/h3-7H,1-2H3,(H,18,19). The minimum Gasteiger partial charge on any atom is -0.321 e. The van der Waals surface area contributed by atoms with E-state index in [0.717, 1.165) is 10.2 Å². The number of halogens is 2. The zero-order chi connectivity index (χ0) is 14.0. The first kappa shape index (κ1) is 13.7. The monoisotopic (exact) mass is 322 g/mol. The number of hydrogen-bond acceptors (Lipinski definition) is 2. The zero-order valence-corrected chi connectivity index (χ0v) is 12.1. The van der Waals surface area contributed by atoms with Crippen LogP contribution in [0.4, 0.5) is 10.1 Å². The highest BCUT2D eigenvalue weighted by molar-refractivity contribution is 9.10. The van der Waals surface area contributed by atoms with E-state index < -0.39 is 0 Å².